The van der Waals surface area contributed by atoms with Gasteiger partial charge in [0.2, 0.25) is 0 Å². The van der Waals surface area contributed by atoms with E-state index in [0.29, 0.717) is 6.61 Å². The van der Waals surface area contributed by atoms with Crippen LogP contribution in [0, 0.1) is 0 Å². The Kier molecular flexibility index (Phi) is 3.77. The molecule has 0 amide bonds. The zero-order valence-electron chi connectivity index (χ0n) is 7.49. The van der Waals surface area contributed by atoms with Crippen molar-refractivity contribution in [2.45, 2.75) is 20.0 Å². The predicted molar refractivity (Wildman–Crippen MR) is 47.6 cm³/mol. The Balaban J connectivity index is 2.48. The van der Waals surface area contributed by atoms with Crippen LogP contribution in [0.5, 0.6) is 0 Å². The second-order valence-corrected chi connectivity index (χ2v) is 2.56. The molecule has 2 heteroatoms. The molecule has 1 aromatic carbocycles. The van der Waals surface area contributed by atoms with E-state index >= 15 is 0 Å². The van der Waals surface area contributed by atoms with E-state index < -0.39 is 0 Å². The van der Waals surface area contributed by atoms with Gasteiger partial charge in [-0.3, -0.25) is 0 Å². The van der Waals surface area contributed by atoms with Gasteiger partial charge in [-0.05, 0) is 19.4 Å². The quantitative estimate of drug-likeness (QED) is 0.505. The van der Waals surface area contributed by atoms with Crippen molar-refractivity contribution in [3.05, 3.63) is 35.9 Å². The molecule has 0 heterocycles. The maximum atomic E-state index is 5.08. The summed E-state index contributed by atoms with van der Waals surface area (Å²) < 4.78 is 0. The normalized spacial score (nSPS) is 12.8. The molecule has 0 bridgehead atoms. The molecule has 0 radical (unpaired) electrons. The third kappa shape index (κ3) is 2.64. The summed E-state index contributed by atoms with van der Waals surface area (Å²) in [5, 5.41) is 0. The van der Waals surface area contributed by atoms with Crippen molar-refractivity contribution in [1.82, 2.24) is 0 Å². The fourth-order valence-electron chi connectivity index (χ4n) is 0.950. The minimum atomic E-state index is 0.00569. The monoisotopic (exact) mass is 166 g/mol. The lowest BCUT2D eigenvalue weighted by Gasteiger charge is -2.10. The summed E-state index contributed by atoms with van der Waals surface area (Å²) >= 11 is 0. The largest absolute Gasteiger partial charge is 0.236 e. The highest BCUT2D eigenvalue weighted by Crippen LogP contribution is 2.15. The number of hydrogen-bond acceptors (Lipinski definition) is 2. The van der Waals surface area contributed by atoms with Gasteiger partial charge < -0.3 is 0 Å². The lowest BCUT2D eigenvalue weighted by molar-refractivity contribution is -0.320. The SMILES string of the molecule is CCOOC(C)c1ccccc1. The van der Waals surface area contributed by atoms with E-state index in [0.717, 1.165) is 5.56 Å². The lowest BCUT2D eigenvalue weighted by Crippen LogP contribution is -2.00. The van der Waals surface area contributed by atoms with Crippen molar-refractivity contribution in [2.24, 2.45) is 0 Å². The van der Waals surface area contributed by atoms with Crippen LogP contribution in [0.25, 0.3) is 0 Å². The standard InChI is InChI=1S/C10H14O2/c1-3-11-12-9(2)10-7-5-4-6-8-10/h4-9H,3H2,1-2H3. The van der Waals surface area contributed by atoms with Gasteiger partial charge in [-0.25, -0.2) is 9.78 Å². The van der Waals surface area contributed by atoms with Gasteiger partial charge in [0.15, 0.2) is 0 Å². The van der Waals surface area contributed by atoms with Crippen molar-refractivity contribution < 1.29 is 9.78 Å². The second kappa shape index (κ2) is 4.91. The number of rotatable bonds is 4. The molecular formula is C10H14O2. The molecule has 1 unspecified atom stereocenters. The smallest absolute Gasteiger partial charge is 0.115 e. The first kappa shape index (κ1) is 9.23. The molecule has 0 aromatic heterocycles. The van der Waals surface area contributed by atoms with Crippen molar-refractivity contribution in [2.75, 3.05) is 6.61 Å². The fourth-order valence-corrected chi connectivity index (χ4v) is 0.950. The van der Waals surface area contributed by atoms with E-state index in [-0.39, 0.29) is 6.10 Å². The highest BCUT2D eigenvalue weighted by atomic mass is 17.2. The van der Waals surface area contributed by atoms with Crippen LogP contribution in [-0.2, 0) is 9.78 Å². The maximum Gasteiger partial charge on any atom is 0.115 e. The van der Waals surface area contributed by atoms with Gasteiger partial charge >= 0.3 is 0 Å². The number of hydrogen-bond donors (Lipinski definition) is 0. The Morgan fingerprint density at radius 2 is 1.92 bits per heavy atom. The summed E-state index contributed by atoms with van der Waals surface area (Å²) in [6.45, 7) is 4.44. The van der Waals surface area contributed by atoms with E-state index in [1.54, 1.807) is 0 Å². The molecule has 66 valence electrons. The van der Waals surface area contributed by atoms with Gasteiger partial charge in [-0.15, -0.1) is 0 Å². The molecule has 0 spiro atoms. The Hall–Kier alpha value is -0.860. The first-order valence-corrected chi connectivity index (χ1v) is 4.17. The molecular weight excluding hydrogens is 152 g/mol. The van der Waals surface area contributed by atoms with Crippen molar-refractivity contribution in [1.29, 1.82) is 0 Å². The molecule has 12 heavy (non-hydrogen) atoms. The Morgan fingerprint density at radius 3 is 2.50 bits per heavy atom. The summed E-state index contributed by atoms with van der Waals surface area (Å²) in [5.41, 5.74) is 1.13. The van der Waals surface area contributed by atoms with Crippen LogP contribution in [-0.4, -0.2) is 6.61 Å². The van der Waals surface area contributed by atoms with E-state index in [9.17, 15) is 0 Å². The summed E-state index contributed by atoms with van der Waals surface area (Å²) in [5.74, 6) is 0. The maximum absolute atomic E-state index is 5.08. The molecule has 0 aliphatic carbocycles. The molecule has 2 nitrogen and oxygen atoms in total. The predicted octanol–water partition coefficient (Wildman–Crippen LogP) is 2.72. The average molecular weight is 166 g/mol. The highest BCUT2D eigenvalue weighted by molar-refractivity contribution is 5.16. The van der Waals surface area contributed by atoms with E-state index in [1.165, 1.54) is 0 Å². The van der Waals surface area contributed by atoms with E-state index in [4.69, 9.17) is 9.78 Å². The van der Waals surface area contributed by atoms with Gasteiger partial charge in [-0.2, -0.15) is 0 Å². The van der Waals surface area contributed by atoms with Gasteiger partial charge in [0.25, 0.3) is 0 Å². The van der Waals surface area contributed by atoms with Gasteiger partial charge in [-0.1, -0.05) is 30.3 Å². The van der Waals surface area contributed by atoms with Crippen LogP contribution < -0.4 is 0 Å². The third-order valence-corrected chi connectivity index (χ3v) is 1.60. The fraction of sp³-hybridized carbons (Fsp3) is 0.400. The molecule has 1 atom stereocenters. The van der Waals surface area contributed by atoms with Gasteiger partial charge in [0, 0.05) is 0 Å². The molecule has 1 aromatic rings. The molecule has 0 aliphatic heterocycles. The Morgan fingerprint density at radius 1 is 1.25 bits per heavy atom. The first-order valence-electron chi connectivity index (χ1n) is 4.17. The van der Waals surface area contributed by atoms with Gasteiger partial charge in [0.05, 0.1) is 6.61 Å². The molecule has 0 fully saturated rings. The van der Waals surface area contributed by atoms with Crippen molar-refractivity contribution in [3.8, 4) is 0 Å². The molecule has 0 saturated carbocycles. The summed E-state index contributed by atoms with van der Waals surface area (Å²) in [4.78, 5) is 9.93. The molecule has 0 N–H and O–H groups in total. The van der Waals surface area contributed by atoms with Crippen molar-refractivity contribution in [3.63, 3.8) is 0 Å². The van der Waals surface area contributed by atoms with Crippen LogP contribution in [0.15, 0.2) is 30.3 Å². The second-order valence-electron chi connectivity index (χ2n) is 2.56. The Bertz CT molecular complexity index is 208. The summed E-state index contributed by atoms with van der Waals surface area (Å²) in [7, 11) is 0. The van der Waals surface area contributed by atoms with E-state index in [1.807, 2.05) is 44.2 Å². The highest BCUT2D eigenvalue weighted by Gasteiger charge is 2.04. The van der Waals surface area contributed by atoms with Gasteiger partial charge in [0.1, 0.15) is 6.10 Å². The molecule has 0 aliphatic rings. The van der Waals surface area contributed by atoms with Crippen LogP contribution in [0.3, 0.4) is 0 Å². The van der Waals surface area contributed by atoms with Crippen LogP contribution in [0.1, 0.15) is 25.5 Å². The third-order valence-electron chi connectivity index (χ3n) is 1.60. The average Bonchev–Trinajstić information content (AvgIpc) is 2.15. The zero-order chi connectivity index (χ0) is 8.81. The lowest BCUT2D eigenvalue weighted by atomic mass is 10.1. The number of benzene rings is 1. The first-order chi connectivity index (χ1) is 5.84. The summed E-state index contributed by atoms with van der Waals surface area (Å²) in [6.07, 6.45) is 0.00569. The van der Waals surface area contributed by atoms with Crippen LogP contribution >= 0.6 is 0 Å². The zero-order valence-corrected chi connectivity index (χ0v) is 7.49. The van der Waals surface area contributed by atoms with Crippen LogP contribution in [0.2, 0.25) is 0 Å². The van der Waals surface area contributed by atoms with Crippen molar-refractivity contribution >= 4 is 0 Å². The molecule has 0 saturated heterocycles. The Labute approximate surface area is 73.0 Å². The van der Waals surface area contributed by atoms with Crippen LogP contribution in [0.4, 0.5) is 0 Å². The minimum absolute atomic E-state index is 0.00569. The topological polar surface area (TPSA) is 18.5 Å². The minimum Gasteiger partial charge on any atom is -0.236 e. The van der Waals surface area contributed by atoms with E-state index in [2.05, 4.69) is 0 Å². The molecule has 1 rings (SSSR count). The summed E-state index contributed by atoms with van der Waals surface area (Å²) in [6, 6.07) is 9.99.